The first kappa shape index (κ1) is 15.0. The molecule has 114 valence electrons. The van der Waals surface area contributed by atoms with Crippen LogP contribution in [0.2, 0.25) is 5.02 Å². The SMILES string of the molecule is O=C(N/N=C/c1c(Cl)c2ccccc2oc1=O)c1ccccc1. The number of nitrogens with one attached hydrogen (secondary N) is 1. The largest absolute Gasteiger partial charge is 0.422 e. The van der Waals surface area contributed by atoms with E-state index >= 15 is 0 Å². The maximum atomic E-state index is 11.9. The maximum Gasteiger partial charge on any atom is 0.346 e. The lowest BCUT2D eigenvalue weighted by Gasteiger charge is -2.02. The van der Waals surface area contributed by atoms with Crippen LogP contribution < -0.4 is 11.1 Å². The molecule has 3 rings (SSSR count). The van der Waals surface area contributed by atoms with Gasteiger partial charge < -0.3 is 4.42 Å². The highest BCUT2D eigenvalue weighted by atomic mass is 35.5. The van der Waals surface area contributed by atoms with E-state index < -0.39 is 5.63 Å². The number of benzene rings is 2. The molecular formula is C17H11ClN2O3. The number of halogens is 1. The molecule has 0 aliphatic heterocycles. The number of para-hydroxylation sites is 1. The fraction of sp³-hybridized carbons (Fsp3) is 0. The summed E-state index contributed by atoms with van der Waals surface area (Å²) in [6.45, 7) is 0. The van der Waals surface area contributed by atoms with Crippen LogP contribution in [0.5, 0.6) is 0 Å². The molecule has 1 heterocycles. The highest BCUT2D eigenvalue weighted by Gasteiger charge is 2.11. The van der Waals surface area contributed by atoms with Gasteiger partial charge in [-0.2, -0.15) is 5.10 Å². The lowest BCUT2D eigenvalue weighted by atomic mass is 10.2. The van der Waals surface area contributed by atoms with Crippen LogP contribution in [0.25, 0.3) is 11.0 Å². The third-order valence-corrected chi connectivity index (χ3v) is 3.59. The molecule has 0 aliphatic carbocycles. The number of hydrogen-bond donors (Lipinski definition) is 1. The van der Waals surface area contributed by atoms with Crippen molar-refractivity contribution in [1.29, 1.82) is 0 Å². The van der Waals surface area contributed by atoms with Crippen molar-refractivity contribution in [3.63, 3.8) is 0 Å². The Morgan fingerprint density at radius 2 is 1.78 bits per heavy atom. The summed E-state index contributed by atoms with van der Waals surface area (Å²) in [6.07, 6.45) is 1.18. The van der Waals surface area contributed by atoms with Gasteiger partial charge in [-0.25, -0.2) is 10.2 Å². The smallest absolute Gasteiger partial charge is 0.346 e. The Balaban J connectivity index is 1.87. The van der Waals surface area contributed by atoms with Gasteiger partial charge in [0.25, 0.3) is 5.91 Å². The van der Waals surface area contributed by atoms with Gasteiger partial charge in [-0.15, -0.1) is 0 Å². The highest BCUT2D eigenvalue weighted by Crippen LogP contribution is 2.23. The molecule has 3 aromatic rings. The van der Waals surface area contributed by atoms with E-state index in [1.807, 2.05) is 0 Å². The number of amides is 1. The van der Waals surface area contributed by atoms with Gasteiger partial charge in [0.1, 0.15) is 5.58 Å². The normalized spacial score (nSPS) is 11.0. The zero-order valence-electron chi connectivity index (χ0n) is 11.8. The first-order chi connectivity index (χ1) is 11.2. The predicted octanol–water partition coefficient (Wildman–Crippen LogP) is 3.21. The second kappa shape index (κ2) is 6.46. The van der Waals surface area contributed by atoms with Crippen LogP contribution in [0.15, 0.2) is 68.9 Å². The van der Waals surface area contributed by atoms with E-state index in [4.69, 9.17) is 16.0 Å². The van der Waals surface area contributed by atoms with Gasteiger partial charge in [-0.05, 0) is 24.3 Å². The van der Waals surface area contributed by atoms with Crippen molar-refractivity contribution in [2.24, 2.45) is 5.10 Å². The van der Waals surface area contributed by atoms with E-state index in [2.05, 4.69) is 10.5 Å². The molecule has 0 fully saturated rings. The molecule has 0 bridgehead atoms. The molecule has 0 saturated carbocycles. The topological polar surface area (TPSA) is 71.7 Å². The average molecular weight is 327 g/mol. The van der Waals surface area contributed by atoms with Crippen LogP contribution in [0.1, 0.15) is 15.9 Å². The van der Waals surface area contributed by atoms with E-state index in [1.54, 1.807) is 54.6 Å². The first-order valence-corrected chi connectivity index (χ1v) is 7.14. The summed E-state index contributed by atoms with van der Waals surface area (Å²) < 4.78 is 5.17. The molecular weight excluding hydrogens is 316 g/mol. The molecule has 23 heavy (non-hydrogen) atoms. The molecule has 0 radical (unpaired) electrons. The number of nitrogens with zero attached hydrogens (tertiary/aromatic N) is 1. The lowest BCUT2D eigenvalue weighted by Crippen LogP contribution is -2.18. The standard InChI is InChI=1S/C17H11ClN2O3/c18-15-12-8-4-5-9-14(12)23-17(22)13(15)10-19-20-16(21)11-6-2-1-3-7-11/h1-10H,(H,20,21)/b19-10+. The predicted molar refractivity (Wildman–Crippen MR) is 89.0 cm³/mol. The first-order valence-electron chi connectivity index (χ1n) is 6.76. The van der Waals surface area contributed by atoms with E-state index in [9.17, 15) is 9.59 Å². The summed E-state index contributed by atoms with van der Waals surface area (Å²) in [7, 11) is 0. The fourth-order valence-electron chi connectivity index (χ4n) is 2.05. The second-order valence-corrected chi connectivity index (χ2v) is 5.06. The van der Waals surface area contributed by atoms with Crippen molar-refractivity contribution >= 4 is 34.7 Å². The van der Waals surface area contributed by atoms with E-state index in [1.165, 1.54) is 6.21 Å². The van der Waals surface area contributed by atoms with Crippen LogP contribution in [0, 0.1) is 0 Å². The highest BCUT2D eigenvalue weighted by molar-refractivity contribution is 6.37. The third kappa shape index (κ3) is 3.14. The minimum atomic E-state index is -0.619. The number of fused-ring (bicyclic) bond motifs is 1. The molecule has 5 nitrogen and oxygen atoms in total. The molecule has 0 unspecified atom stereocenters. The molecule has 2 aromatic carbocycles. The molecule has 6 heteroatoms. The summed E-state index contributed by atoms with van der Waals surface area (Å²) >= 11 is 6.22. The molecule has 1 aromatic heterocycles. The van der Waals surface area contributed by atoms with Crippen LogP contribution in [-0.2, 0) is 0 Å². The van der Waals surface area contributed by atoms with Gasteiger partial charge in [0, 0.05) is 10.9 Å². The van der Waals surface area contributed by atoms with Crippen LogP contribution in [0.4, 0.5) is 0 Å². The van der Waals surface area contributed by atoms with Crippen molar-refractivity contribution in [3.05, 3.63) is 81.2 Å². The third-order valence-electron chi connectivity index (χ3n) is 3.18. The summed E-state index contributed by atoms with van der Waals surface area (Å²) in [4.78, 5) is 23.8. The Kier molecular flexibility index (Phi) is 4.21. The monoisotopic (exact) mass is 326 g/mol. The number of carbonyl (C=O) groups excluding carboxylic acids is 1. The summed E-state index contributed by atoms with van der Waals surface area (Å²) in [5, 5.41) is 4.61. The lowest BCUT2D eigenvalue weighted by molar-refractivity contribution is 0.0955. The molecule has 0 aliphatic rings. The van der Waals surface area contributed by atoms with Crippen LogP contribution in [0.3, 0.4) is 0 Å². The molecule has 0 atom stereocenters. The second-order valence-electron chi connectivity index (χ2n) is 4.68. The quantitative estimate of drug-likeness (QED) is 0.456. The van der Waals surface area contributed by atoms with Crippen molar-refractivity contribution < 1.29 is 9.21 Å². The molecule has 1 N–H and O–H groups in total. The van der Waals surface area contributed by atoms with Crippen LogP contribution >= 0.6 is 11.6 Å². The zero-order chi connectivity index (χ0) is 16.2. The van der Waals surface area contributed by atoms with Gasteiger partial charge in [-0.3, -0.25) is 4.79 Å². The Labute approximate surface area is 136 Å². The van der Waals surface area contributed by atoms with Gasteiger partial charge in [-0.1, -0.05) is 41.9 Å². The van der Waals surface area contributed by atoms with Gasteiger partial charge in [0.2, 0.25) is 0 Å². The Morgan fingerprint density at radius 1 is 1.09 bits per heavy atom. The summed E-state index contributed by atoms with van der Waals surface area (Å²) in [5.74, 6) is -0.386. The summed E-state index contributed by atoms with van der Waals surface area (Å²) in [5.41, 5.74) is 2.66. The van der Waals surface area contributed by atoms with Crippen molar-refractivity contribution in [2.75, 3.05) is 0 Å². The number of carbonyl (C=O) groups is 1. The Bertz CT molecular complexity index is 949. The molecule has 1 amide bonds. The van der Waals surface area contributed by atoms with E-state index in [-0.39, 0.29) is 16.5 Å². The Hall–Kier alpha value is -2.92. The van der Waals surface area contributed by atoms with E-state index in [0.717, 1.165) is 0 Å². The number of rotatable bonds is 3. The van der Waals surface area contributed by atoms with Crippen molar-refractivity contribution in [3.8, 4) is 0 Å². The molecule has 0 saturated heterocycles. The number of hydrogen-bond acceptors (Lipinski definition) is 4. The Morgan fingerprint density at radius 3 is 2.57 bits per heavy atom. The van der Waals surface area contributed by atoms with Gasteiger partial charge >= 0.3 is 5.63 Å². The van der Waals surface area contributed by atoms with Gasteiger partial charge in [0.15, 0.2) is 0 Å². The van der Waals surface area contributed by atoms with Crippen molar-refractivity contribution in [2.45, 2.75) is 0 Å². The minimum Gasteiger partial charge on any atom is -0.422 e. The summed E-state index contributed by atoms with van der Waals surface area (Å²) in [6, 6.07) is 15.5. The molecule has 0 spiro atoms. The van der Waals surface area contributed by atoms with Crippen molar-refractivity contribution in [1.82, 2.24) is 5.43 Å². The zero-order valence-corrected chi connectivity index (χ0v) is 12.6. The maximum absolute atomic E-state index is 11.9. The van der Waals surface area contributed by atoms with Crippen LogP contribution in [-0.4, -0.2) is 12.1 Å². The van der Waals surface area contributed by atoms with Gasteiger partial charge in [0.05, 0.1) is 16.8 Å². The van der Waals surface area contributed by atoms with E-state index in [0.29, 0.717) is 16.5 Å². The average Bonchev–Trinajstić information content (AvgIpc) is 2.58. The minimum absolute atomic E-state index is 0.0822. The fourth-order valence-corrected chi connectivity index (χ4v) is 2.33. The number of hydrazone groups is 1.